The minimum Gasteiger partial charge on any atom is -0.379 e. The molecule has 1 amide bonds. The Bertz CT molecular complexity index is 580. The Morgan fingerprint density at radius 2 is 1.95 bits per heavy atom. The molecule has 2 aromatic rings. The molecule has 1 aliphatic rings. The van der Waals surface area contributed by atoms with Crippen LogP contribution in [0.5, 0.6) is 0 Å². The van der Waals surface area contributed by atoms with Crippen molar-refractivity contribution < 1.29 is 9.53 Å². The van der Waals surface area contributed by atoms with Crippen LogP contribution >= 0.6 is 11.3 Å². The lowest BCUT2D eigenvalue weighted by Gasteiger charge is -2.27. The van der Waals surface area contributed by atoms with E-state index in [1.807, 2.05) is 29.6 Å². The van der Waals surface area contributed by atoms with Crippen LogP contribution in [-0.4, -0.2) is 43.7 Å². The van der Waals surface area contributed by atoms with Gasteiger partial charge in [-0.15, -0.1) is 11.3 Å². The third-order valence-corrected chi connectivity index (χ3v) is 4.67. The lowest BCUT2D eigenvalue weighted by molar-refractivity contribution is -0.123. The maximum atomic E-state index is 12.4. The summed E-state index contributed by atoms with van der Waals surface area (Å²) in [5.41, 5.74) is 1.11. The van der Waals surface area contributed by atoms with Gasteiger partial charge in [-0.25, -0.2) is 0 Å². The fourth-order valence-electron chi connectivity index (χ4n) is 2.59. The summed E-state index contributed by atoms with van der Waals surface area (Å²) < 4.78 is 5.32. The van der Waals surface area contributed by atoms with Crippen LogP contribution in [0.3, 0.4) is 0 Å². The number of carbonyl (C=O) groups is 1. The van der Waals surface area contributed by atoms with Gasteiger partial charge in [-0.2, -0.15) is 0 Å². The van der Waals surface area contributed by atoms with Crippen molar-refractivity contribution in [1.29, 1.82) is 0 Å². The van der Waals surface area contributed by atoms with E-state index in [2.05, 4.69) is 28.4 Å². The number of thiophene rings is 1. The van der Waals surface area contributed by atoms with E-state index < -0.39 is 0 Å². The number of hydrogen-bond donors (Lipinski definition) is 1. The lowest BCUT2D eigenvalue weighted by Crippen LogP contribution is -2.44. The van der Waals surface area contributed by atoms with Crippen LogP contribution in [0.4, 0.5) is 0 Å². The van der Waals surface area contributed by atoms with Gasteiger partial charge < -0.3 is 10.1 Å². The highest BCUT2D eigenvalue weighted by atomic mass is 32.1. The molecular weight excluding hydrogens is 296 g/mol. The van der Waals surface area contributed by atoms with Crippen molar-refractivity contribution >= 4 is 17.2 Å². The maximum absolute atomic E-state index is 12.4. The lowest BCUT2D eigenvalue weighted by atomic mass is 10.1. The van der Waals surface area contributed by atoms with Crippen LogP contribution in [0.2, 0.25) is 0 Å². The Morgan fingerprint density at radius 1 is 1.18 bits per heavy atom. The quantitative estimate of drug-likeness (QED) is 0.920. The van der Waals surface area contributed by atoms with Gasteiger partial charge in [0, 0.05) is 18.0 Å². The van der Waals surface area contributed by atoms with Crippen LogP contribution in [0.25, 0.3) is 0 Å². The highest BCUT2D eigenvalue weighted by Gasteiger charge is 2.20. The number of hydrogen-bond acceptors (Lipinski definition) is 4. The fourth-order valence-corrected chi connectivity index (χ4v) is 3.39. The highest BCUT2D eigenvalue weighted by molar-refractivity contribution is 7.10. The molecular formula is C17H20N2O2S. The minimum atomic E-state index is -0.0743. The number of nitrogens with zero attached hydrogens (tertiary/aromatic N) is 1. The summed E-state index contributed by atoms with van der Waals surface area (Å²) in [4.78, 5) is 15.7. The van der Waals surface area contributed by atoms with E-state index in [-0.39, 0.29) is 11.9 Å². The van der Waals surface area contributed by atoms with Crippen molar-refractivity contribution in [2.75, 3.05) is 32.8 Å². The molecule has 4 nitrogen and oxygen atoms in total. The van der Waals surface area contributed by atoms with Crippen LogP contribution < -0.4 is 5.32 Å². The molecule has 0 spiro atoms. The van der Waals surface area contributed by atoms with Gasteiger partial charge in [-0.1, -0.05) is 36.4 Å². The van der Waals surface area contributed by atoms with Gasteiger partial charge >= 0.3 is 0 Å². The highest BCUT2D eigenvalue weighted by Crippen LogP contribution is 2.25. The topological polar surface area (TPSA) is 41.6 Å². The van der Waals surface area contributed by atoms with Crippen LogP contribution in [0.1, 0.15) is 16.5 Å². The fraction of sp³-hybridized carbons (Fsp3) is 0.353. The van der Waals surface area contributed by atoms with Crippen LogP contribution in [0.15, 0.2) is 47.8 Å². The minimum absolute atomic E-state index is 0.0594. The zero-order valence-corrected chi connectivity index (χ0v) is 13.2. The first kappa shape index (κ1) is 15.2. The van der Waals surface area contributed by atoms with Crippen LogP contribution in [-0.2, 0) is 9.53 Å². The third kappa shape index (κ3) is 3.94. The van der Waals surface area contributed by atoms with E-state index in [9.17, 15) is 4.79 Å². The van der Waals surface area contributed by atoms with Gasteiger partial charge in [0.1, 0.15) is 0 Å². The molecule has 0 saturated carbocycles. The number of benzene rings is 1. The zero-order valence-electron chi connectivity index (χ0n) is 12.4. The van der Waals surface area contributed by atoms with Gasteiger partial charge in [-0.3, -0.25) is 9.69 Å². The predicted octanol–water partition coefficient (Wildman–Crippen LogP) is 2.29. The largest absolute Gasteiger partial charge is 0.379 e. The summed E-state index contributed by atoms with van der Waals surface area (Å²) in [6.07, 6.45) is 0. The average molecular weight is 316 g/mol. The molecule has 1 N–H and O–H groups in total. The molecule has 1 saturated heterocycles. The summed E-state index contributed by atoms with van der Waals surface area (Å²) in [6.45, 7) is 3.49. The number of carbonyl (C=O) groups excluding carboxylic acids is 1. The Kier molecular flexibility index (Phi) is 5.21. The molecule has 0 bridgehead atoms. The molecule has 1 aromatic carbocycles. The molecule has 1 aromatic heterocycles. The first-order valence-corrected chi connectivity index (χ1v) is 8.39. The molecule has 22 heavy (non-hydrogen) atoms. The van der Waals surface area contributed by atoms with Gasteiger partial charge in [0.15, 0.2) is 0 Å². The van der Waals surface area contributed by atoms with Crippen molar-refractivity contribution in [3.8, 4) is 0 Å². The van der Waals surface area contributed by atoms with Crippen molar-refractivity contribution in [2.24, 2.45) is 0 Å². The molecule has 2 heterocycles. The van der Waals surface area contributed by atoms with Crippen molar-refractivity contribution in [3.63, 3.8) is 0 Å². The molecule has 1 fully saturated rings. The van der Waals surface area contributed by atoms with Gasteiger partial charge in [0.25, 0.3) is 0 Å². The van der Waals surface area contributed by atoms with E-state index in [1.165, 1.54) is 0 Å². The van der Waals surface area contributed by atoms with Gasteiger partial charge in [-0.05, 0) is 17.0 Å². The SMILES string of the molecule is O=C(CN1CCOCC1)N[C@H](c1ccccc1)c1cccs1. The zero-order chi connectivity index (χ0) is 15.2. The molecule has 0 unspecified atom stereocenters. The summed E-state index contributed by atoms with van der Waals surface area (Å²) >= 11 is 1.67. The number of ether oxygens (including phenoxy) is 1. The van der Waals surface area contributed by atoms with Crippen molar-refractivity contribution in [2.45, 2.75) is 6.04 Å². The van der Waals surface area contributed by atoms with Crippen molar-refractivity contribution in [3.05, 3.63) is 58.3 Å². The number of morpholine rings is 1. The number of amides is 1. The van der Waals surface area contributed by atoms with E-state index >= 15 is 0 Å². The monoisotopic (exact) mass is 316 g/mol. The van der Waals surface area contributed by atoms with Crippen LogP contribution in [0, 0.1) is 0 Å². The van der Waals surface area contributed by atoms with Gasteiger partial charge in [0.2, 0.25) is 5.91 Å². The molecule has 1 atom stereocenters. The summed E-state index contributed by atoms with van der Waals surface area (Å²) in [5.74, 6) is 0.0594. The smallest absolute Gasteiger partial charge is 0.234 e. The van der Waals surface area contributed by atoms with E-state index in [0.29, 0.717) is 19.8 Å². The first-order valence-electron chi connectivity index (χ1n) is 7.51. The molecule has 1 aliphatic heterocycles. The Morgan fingerprint density at radius 3 is 2.64 bits per heavy atom. The Balaban J connectivity index is 1.69. The van der Waals surface area contributed by atoms with E-state index in [1.54, 1.807) is 11.3 Å². The Labute approximate surface area is 134 Å². The number of rotatable bonds is 5. The number of nitrogens with one attached hydrogen (secondary N) is 1. The molecule has 116 valence electrons. The second kappa shape index (κ2) is 7.54. The summed E-state index contributed by atoms with van der Waals surface area (Å²) in [5, 5.41) is 5.21. The van der Waals surface area contributed by atoms with Crippen molar-refractivity contribution in [1.82, 2.24) is 10.2 Å². The predicted molar refractivity (Wildman–Crippen MR) is 88.0 cm³/mol. The molecule has 0 radical (unpaired) electrons. The summed E-state index contributed by atoms with van der Waals surface area (Å²) in [6, 6.07) is 14.1. The summed E-state index contributed by atoms with van der Waals surface area (Å²) in [7, 11) is 0. The Hall–Kier alpha value is -1.69. The standard InChI is InChI=1S/C17H20N2O2S/c20-16(13-19-8-10-21-11-9-19)18-17(15-7-4-12-22-15)14-5-2-1-3-6-14/h1-7,12,17H,8-11,13H2,(H,18,20)/t17-/m1/s1. The first-order chi connectivity index (χ1) is 10.8. The van der Waals surface area contributed by atoms with E-state index in [0.717, 1.165) is 23.5 Å². The third-order valence-electron chi connectivity index (χ3n) is 3.74. The maximum Gasteiger partial charge on any atom is 0.234 e. The average Bonchev–Trinajstić information content (AvgIpc) is 3.08. The normalized spacial score (nSPS) is 17.1. The molecule has 5 heteroatoms. The van der Waals surface area contributed by atoms with E-state index in [4.69, 9.17) is 4.74 Å². The second-order valence-corrected chi connectivity index (χ2v) is 6.29. The molecule has 0 aliphatic carbocycles. The van der Waals surface area contributed by atoms with Gasteiger partial charge in [0.05, 0.1) is 25.8 Å². The second-order valence-electron chi connectivity index (χ2n) is 5.32. The molecule has 3 rings (SSSR count).